The lowest BCUT2D eigenvalue weighted by molar-refractivity contribution is 0.145. The molecule has 15 rings (SSSR count). The van der Waals surface area contributed by atoms with Gasteiger partial charge in [0.05, 0.1) is 14.2 Å². The molecule has 10 aromatic rings. The Morgan fingerprint density at radius 2 is 1.01 bits per heavy atom. The van der Waals surface area contributed by atoms with Crippen molar-refractivity contribution in [2.45, 2.75) is 89.3 Å². The minimum absolute atomic E-state index is 0.346. The van der Waals surface area contributed by atoms with E-state index in [4.69, 9.17) is 20.6 Å². The van der Waals surface area contributed by atoms with Gasteiger partial charge in [0.1, 0.15) is 23.0 Å². The molecule has 2 aliphatic carbocycles. The molecule has 7 nitrogen and oxygen atoms in total. The maximum Gasteiger partial charge on any atom is 0.178 e. The average molecular weight is 1150 g/mol. The first-order valence-corrected chi connectivity index (χ1v) is 31.2. The highest BCUT2D eigenvalue weighted by atomic mass is 16.5. The summed E-state index contributed by atoms with van der Waals surface area (Å²) in [5.41, 5.74) is 17.3. The van der Waals surface area contributed by atoms with E-state index in [1.165, 1.54) is 94.1 Å². The largest absolute Gasteiger partial charge is 0.507 e. The summed E-state index contributed by atoms with van der Waals surface area (Å²) in [4.78, 5) is 4.91. The Morgan fingerprint density at radius 3 is 1.60 bits per heavy atom. The van der Waals surface area contributed by atoms with Gasteiger partial charge in [0.15, 0.2) is 11.2 Å². The van der Waals surface area contributed by atoms with Gasteiger partial charge in [-0.3, -0.25) is 0 Å². The summed E-state index contributed by atoms with van der Waals surface area (Å²) in [6.45, 7) is 8.64. The molecule has 2 fully saturated rings. The summed E-state index contributed by atoms with van der Waals surface area (Å²) >= 11 is 0. The van der Waals surface area contributed by atoms with E-state index < -0.39 is 11.2 Å². The fraction of sp³-hybridized carbons (Fsp3) is 0.250. The molecule has 3 heterocycles. The molecule has 87 heavy (non-hydrogen) atoms. The Bertz CT molecular complexity index is 4230. The van der Waals surface area contributed by atoms with Crippen LogP contribution in [0.1, 0.15) is 99.7 Å². The number of rotatable bonds is 8. The Balaban J connectivity index is 0.000000134. The second kappa shape index (κ2) is 24.3. The van der Waals surface area contributed by atoms with Crippen molar-refractivity contribution in [1.29, 1.82) is 0 Å². The molecule has 436 valence electrons. The Kier molecular flexibility index (Phi) is 15.9. The van der Waals surface area contributed by atoms with Crippen molar-refractivity contribution in [2.75, 3.05) is 50.2 Å². The molecule has 0 spiro atoms. The summed E-state index contributed by atoms with van der Waals surface area (Å²) in [7, 11) is 3.47. The highest BCUT2D eigenvalue weighted by molar-refractivity contribution is 6.07. The molecule has 0 saturated carbocycles. The van der Waals surface area contributed by atoms with E-state index in [9.17, 15) is 10.2 Å². The average Bonchev–Trinajstić information content (AvgIpc) is 0.748. The third kappa shape index (κ3) is 10.4. The maximum absolute atomic E-state index is 10.9. The van der Waals surface area contributed by atoms with Crippen molar-refractivity contribution < 1.29 is 24.4 Å². The molecule has 2 N–H and O–H groups in total. The number of phenols is 1. The van der Waals surface area contributed by atoms with Crippen LogP contribution >= 0.6 is 0 Å². The van der Waals surface area contributed by atoms with Crippen molar-refractivity contribution in [1.82, 2.24) is 0 Å². The van der Waals surface area contributed by atoms with Crippen molar-refractivity contribution >= 4 is 39.0 Å². The van der Waals surface area contributed by atoms with E-state index in [1.54, 1.807) is 14.2 Å². The van der Waals surface area contributed by atoms with Crippen molar-refractivity contribution in [3.8, 4) is 57.6 Å². The standard InChI is InChI=1S/C40H37NO2.C20H21NO.C20H18O2/c1-27-15-21-33-34-22-16-28-11-7-8-14-32(28)36(34)39-35(37(33)38(27)42-2)23-24-40(43-39,29-12-5-3-6-13-29)30-17-19-31(20-18-30)41-25-9-4-10-26-41;1-2-20(22,17-9-5-3-6-10-17)18-11-13-19(14-12-18)21-15-7-4-8-16-21;1-12-7-9-15-16-10-8-13-5-3-4-6-14(13)19(16)18(21)11-17(15)20(12)22-2/h3,5-8,11-15,17-21,23-24H,4,9-10,16,22,25-26H2,1-2H3;1,3,5-6,9-14,22H,4,7-8,15-16H2;3-7,9,11,21H,8,10H2,1-2H3. The molecule has 2 unspecified atom stereocenters. The van der Waals surface area contributed by atoms with E-state index >= 15 is 0 Å². The molecule has 0 aromatic heterocycles. The molecule has 5 aliphatic rings. The summed E-state index contributed by atoms with van der Waals surface area (Å²) in [6, 6.07) is 65.0. The summed E-state index contributed by atoms with van der Waals surface area (Å²) in [5.74, 6) is 5.64. The van der Waals surface area contributed by atoms with Gasteiger partial charge < -0.3 is 34.2 Å². The number of hydrogen-bond donors (Lipinski definition) is 2. The summed E-state index contributed by atoms with van der Waals surface area (Å²) in [5, 5.41) is 26.2. The number of methoxy groups -OCH3 is 2. The quantitative estimate of drug-likeness (QED) is 0.147. The van der Waals surface area contributed by atoms with Crippen molar-refractivity contribution in [3.63, 3.8) is 0 Å². The first kappa shape index (κ1) is 56.9. The van der Waals surface area contributed by atoms with E-state index in [0.29, 0.717) is 5.75 Å². The topological polar surface area (TPSA) is 74.6 Å². The number of phenolic OH excluding ortho intramolecular Hbond substituents is 1. The van der Waals surface area contributed by atoms with Crippen LogP contribution in [0.15, 0.2) is 194 Å². The van der Waals surface area contributed by atoms with Crippen LogP contribution in [-0.2, 0) is 36.9 Å². The molecule has 0 radical (unpaired) electrons. The van der Waals surface area contributed by atoms with Crippen LogP contribution in [0.4, 0.5) is 11.4 Å². The molecular formula is C80H76N2O5. The Morgan fingerprint density at radius 1 is 0.517 bits per heavy atom. The Hall–Kier alpha value is -9.22. The molecule has 2 saturated heterocycles. The molecule has 0 bridgehead atoms. The van der Waals surface area contributed by atoms with Crippen molar-refractivity contribution in [2.24, 2.45) is 0 Å². The van der Waals surface area contributed by atoms with E-state index in [-0.39, 0.29) is 0 Å². The number of hydrogen-bond acceptors (Lipinski definition) is 7. The second-order valence-electron chi connectivity index (χ2n) is 24.0. The maximum atomic E-state index is 10.9. The number of aryl methyl sites for hydroxylation is 6. The van der Waals surface area contributed by atoms with Crippen LogP contribution in [0.5, 0.6) is 23.0 Å². The third-order valence-electron chi connectivity index (χ3n) is 18.9. The second-order valence-corrected chi connectivity index (χ2v) is 24.0. The monoisotopic (exact) mass is 1140 g/mol. The summed E-state index contributed by atoms with van der Waals surface area (Å²) in [6.07, 6.45) is 21.8. The minimum atomic E-state index is -1.37. The predicted molar refractivity (Wildman–Crippen MR) is 358 cm³/mol. The predicted octanol–water partition coefficient (Wildman–Crippen LogP) is 17.4. The highest BCUT2D eigenvalue weighted by Crippen LogP contribution is 2.55. The van der Waals surface area contributed by atoms with Crippen LogP contribution in [-0.4, -0.2) is 50.6 Å². The van der Waals surface area contributed by atoms with E-state index in [0.717, 1.165) is 130 Å². The number of nitrogens with zero attached hydrogens (tertiary/aromatic N) is 2. The molecule has 10 aromatic carbocycles. The summed E-state index contributed by atoms with van der Waals surface area (Å²) < 4.78 is 19.2. The number of ether oxygens (including phenoxy) is 3. The van der Waals surface area contributed by atoms with Crippen LogP contribution in [0.25, 0.3) is 49.9 Å². The fourth-order valence-electron chi connectivity index (χ4n) is 14.4. The zero-order chi connectivity index (χ0) is 59.7. The lowest BCUT2D eigenvalue weighted by atomic mass is 9.77. The number of terminal acetylenes is 1. The van der Waals surface area contributed by atoms with Gasteiger partial charge in [-0.2, -0.15) is 0 Å². The number of fused-ring (bicyclic) bond motifs is 13. The molecule has 3 aliphatic heterocycles. The van der Waals surface area contributed by atoms with E-state index in [2.05, 4.69) is 168 Å². The van der Waals surface area contributed by atoms with Crippen LogP contribution in [0.2, 0.25) is 0 Å². The lowest BCUT2D eigenvalue weighted by Gasteiger charge is -2.39. The fourth-order valence-corrected chi connectivity index (χ4v) is 14.4. The van der Waals surface area contributed by atoms with Gasteiger partial charge in [0.25, 0.3) is 0 Å². The van der Waals surface area contributed by atoms with E-state index in [1.807, 2.05) is 61.5 Å². The minimum Gasteiger partial charge on any atom is -0.507 e. The van der Waals surface area contributed by atoms with Crippen molar-refractivity contribution in [3.05, 3.63) is 255 Å². The number of benzene rings is 10. The van der Waals surface area contributed by atoms with Crippen LogP contribution in [0, 0.1) is 26.2 Å². The molecule has 7 heteroatoms. The third-order valence-corrected chi connectivity index (χ3v) is 18.9. The zero-order valence-corrected chi connectivity index (χ0v) is 50.5. The molecule has 0 amide bonds. The van der Waals surface area contributed by atoms with Gasteiger partial charge in [-0.15, -0.1) is 6.42 Å². The van der Waals surface area contributed by atoms with Gasteiger partial charge in [-0.05, 0) is 176 Å². The van der Waals surface area contributed by atoms with Gasteiger partial charge in [-0.25, -0.2) is 0 Å². The first-order chi connectivity index (χ1) is 42.6. The van der Waals surface area contributed by atoms with Gasteiger partial charge in [0.2, 0.25) is 0 Å². The van der Waals surface area contributed by atoms with Gasteiger partial charge in [-0.1, -0.05) is 164 Å². The van der Waals surface area contributed by atoms with Crippen LogP contribution in [0.3, 0.4) is 0 Å². The number of piperidine rings is 2. The Labute approximate surface area is 513 Å². The first-order valence-electron chi connectivity index (χ1n) is 31.2. The highest BCUT2D eigenvalue weighted by Gasteiger charge is 2.41. The normalized spacial score (nSPS) is 17.0. The lowest BCUT2D eigenvalue weighted by Crippen LogP contribution is -2.35. The molecule has 2 atom stereocenters. The molecular weight excluding hydrogens is 1070 g/mol. The van der Waals surface area contributed by atoms with Gasteiger partial charge >= 0.3 is 0 Å². The number of aromatic hydroxyl groups is 1. The smallest absolute Gasteiger partial charge is 0.178 e. The SMILES string of the molecule is C#CC(O)(c1ccccc1)c1ccc(N2CCCCC2)cc1.COc1c(C)ccc2c3c(c(O)cc12)-c1ccccc1CC3.COc1c(C)ccc2c3c(c4c(c12)C=CC(c1ccccc1)(c1ccc(N2CCCCC2)cc1)O4)-c1ccccc1CC3. The number of anilines is 2. The number of aliphatic hydroxyl groups is 1. The van der Waals surface area contributed by atoms with Crippen LogP contribution < -0.4 is 24.0 Å². The van der Waals surface area contributed by atoms with Gasteiger partial charge in [0, 0.05) is 87.3 Å². The zero-order valence-electron chi connectivity index (χ0n) is 50.5.